The predicted octanol–water partition coefficient (Wildman–Crippen LogP) is 4.28. The third kappa shape index (κ3) is 5.30. The smallest absolute Gasteiger partial charge is 0.307 e. The summed E-state index contributed by atoms with van der Waals surface area (Å²) in [5.74, 6) is -1.74. The van der Waals surface area contributed by atoms with Gasteiger partial charge in [0.25, 0.3) is 0 Å². The molecule has 2 unspecified atom stereocenters. The van der Waals surface area contributed by atoms with Gasteiger partial charge in [-0.3, -0.25) is 14.4 Å². The lowest BCUT2D eigenvalue weighted by molar-refractivity contribution is -0.146. The van der Waals surface area contributed by atoms with E-state index in [1.165, 1.54) is 18.9 Å². The highest BCUT2D eigenvalue weighted by Crippen LogP contribution is 2.28. The fourth-order valence-electron chi connectivity index (χ4n) is 3.35. The molecule has 0 aromatic heterocycles. The Bertz CT molecular complexity index is 954. The minimum atomic E-state index is -0.953. The number of ether oxygens (including phenoxy) is 1. The Morgan fingerprint density at radius 2 is 1.70 bits per heavy atom. The number of rotatable bonds is 8. The van der Waals surface area contributed by atoms with Crippen molar-refractivity contribution in [3.8, 4) is 5.75 Å². The van der Waals surface area contributed by atoms with E-state index in [0.717, 1.165) is 4.90 Å². The fraction of sp³-hybridized carbons (Fsp3) is 0.261. The summed E-state index contributed by atoms with van der Waals surface area (Å²) in [6, 6.07) is 14.3. The van der Waals surface area contributed by atoms with Crippen LogP contribution in [-0.4, -0.2) is 35.6 Å². The molecule has 3 rings (SSSR count). The molecule has 156 valence electrons. The third-order valence-electron chi connectivity index (χ3n) is 4.99. The van der Waals surface area contributed by atoms with Crippen LogP contribution in [0.5, 0.6) is 5.75 Å². The summed E-state index contributed by atoms with van der Waals surface area (Å²) in [6.45, 7) is 0. The molecular weight excluding hydrogens is 402 g/mol. The van der Waals surface area contributed by atoms with E-state index in [9.17, 15) is 19.5 Å². The van der Waals surface area contributed by atoms with Gasteiger partial charge in [-0.25, -0.2) is 0 Å². The number of hydrogen-bond donors (Lipinski definition) is 2. The second-order valence-electron chi connectivity index (χ2n) is 6.92. The first-order valence-corrected chi connectivity index (χ1v) is 10.6. The molecule has 2 aromatic rings. The fourth-order valence-corrected chi connectivity index (χ4v) is 4.13. The summed E-state index contributed by atoms with van der Waals surface area (Å²) in [7, 11) is 1.54. The zero-order valence-electron chi connectivity index (χ0n) is 16.5. The van der Waals surface area contributed by atoms with Gasteiger partial charge < -0.3 is 15.2 Å². The molecule has 0 aliphatic heterocycles. The Hall–Kier alpha value is -3.06. The van der Waals surface area contributed by atoms with Crippen molar-refractivity contribution in [2.24, 2.45) is 11.8 Å². The molecule has 0 heterocycles. The van der Waals surface area contributed by atoms with Gasteiger partial charge in [0.05, 0.1) is 30.3 Å². The zero-order valence-corrected chi connectivity index (χ0v) is 17.4. The maximum Gasteiger partial charge on any atom is 0.307 e. The highest BCUT2D eigenvalue weighted by atomic mass is 32.2. The molecule has 2 atom stereocenters. The molecule has 1 aliphatic rings. The number of para-hydroxylation sites is 1. The number of Topliss-reactive ketones (excluding diaryl/α,β-unsaturated/α-hetero) is 1. The van der Waals surface area contributed by atoms with E-state index in [0.29, 0.717) is 29.8 Å². The van der Waals surface area contributed by atoms with Crippen LogP contribution in [0.2, 0.25) is 0 Å². The second kappa shape index (κ2) is 10.1. The Labute approximate surface area is 179 Å². The van der Waals surface area contributed by atoms with Crippen LogP contribution in [0.4, 0.5) is 5.69 Å². The van der Waals surface area contributed by atoms with Crippen LogP contribution in [0.3, 0.4) is 0 Å². The number of carboxylic acid groups (broad SMARTS) is 1. The number of anilines is 1. The summed E-state index contributed by atoms with van der Waals surface area (Å²) in [5.41, 5.74) is 1.14. The van der Waals surface area contributed by atoms with Gasteiger partial charge in [-0.05, 0) is 49.2 Å². The molecule has 0 radical (unpaired) electrons. The molecule has 0 spiro atoms. The lowest BCUT2D eigenvalue weighted by Crippen LogP contribution is -2.34. The first-order valence-electron chi connectivity index (χ1n) is 9.57. The van der Waals surface area contributed by atoms with Crippen LogP contribution in [0.25, 0.3) is 0 Å². The van der Waals surface area contributed by atoms with E-state index in [1.807, 2.05) is 24.3 Å². The van der Waals surface area contributed by atoms with Gasteiger partial charge in [0.1, 0.15) is 5.75 Å². The van der Waals surface area contributed by atoms with Crippen molar-refractivity contribution >= 4 is 35.1 Å². The third-order valence-corrected chi connectivity index (χ3v) is 6.00. The summed E-state index contributed by atoms with van der Waals surface area (Å²) in [6.07, 6.45) is 4.44. The van der Waals surface area contributed by atoms with Gasteiger partial charge in [-0.15, -0.1) is 11.8 Å². The number of aliphatic carboxylic acids is 1. The van der Waals surface area contributed by atoms with Crippen molar-refractivity contribution < 1.29 is 24.2 Å². The molecule has 0 saturated carbocycles. The maximum atomic E-state index is 12.5. The van der Waals surface area contributed by atoms with Crippen molar-refractivity contribution in [1.29, 1.82) is 0 Å². The van der Waals surface area contributed by atoms with E-state index in [-0.39, 0.29) is 17.4 Å². The lowest BCUT2D eigenvalue weighted by atomic mass is 9.82. The Kier molecular flexibility index (Phi) is 7.30. The average Bonchev–Trinajstić information content (AvgIpc) is 2.78. The summed E-state index contributed by atoms with van der Waals surface area (Å²) in [5, 5.41) is 12.1. The van der Waals surface area contributed by atoms with E-state index in [1.54, 1.807) is 36.4 Å². The first kappa shape index (κ1) is 21.6. The number of thioether (sulfide) groups is 1. The highest BCUT2D eigenvalue weighted by molar-refractivity contribution is 8.00. The minimum Gasteiger partial charge on any atom is -0.496 e. The number of nitrogens with one attached hydrogen (secondary N) is 1. The molecule has 7 heteroatoms. The quantitative estimate of drug-likeness (QED) is 0.373. The number of methoxy groups -OCH3 is 1. The number of ketones is 1. The number of carboxylic acids is 1. The normalized spacial score (nSPS) is 17.9. The van der Waals surface area contributed by atoms with Gasteiger partial charge in [0.2, 0.25) is 5.91 Å². The van der Waals surface area contributed by atoms with Crippen LogP contribution in [0.15, 0.2) is 65.6 Å². The van der Waals surface area contributed by atoms with Crippen LogP contribution in [0, 0.1) is 11.8 Å². The van der Waals surface area contributed by atoms with Crippen LogP contribution in [0.1, 0.15) is 23.2 Å². The van der Waals surface area contributed by atoms with Crippen molar-refractivity contribution in [2.75, 3.05) is 18.2 Å². The molecule has 0 saturated heterocycles. The van der Waals surface area contributed by atoms with E-state index >= 15 is 0 Å². The molecule has 1 amide bonds. The van der Waals surface area contributed by atoms with Gasteiger partial charge in [-0.1, -0.05) is 24.3 Å². The number of carbonyl (C=O) groups is 3. The van der Waals surface area contributed by atoms with Crippen LogP contribution < -0.4 is 10.1 Å². The molecule has 1 aliphatic carbocycles. The van der Waals surface area contributed by atoms with E-state index in [4.69, 9.17) is 4.74 Å². The van der Waals surface area contributed by atoms with Gasteiger partial charge in [-0.2, -0.15) is 0 Å². The summed E-state index contributed by atoms with van der Waals surface area (Å²) >= 11 is 1.40. The largest absolute Gasteiger partial charge is 0.496 e. The van der Waals surface area contributed by atoms with E-state index < -0.39 is 17.8 Å². The standard InChI is InChI=1S/C23H23NO5S/c1-29-21-9-5-4-8-19(21)20(25)14-30-16-12-10-15(11-13-16)24-22(26)17-6-2-3-7-18(17)23(27)28/h2-5,8-13,17-18H,6-7,14H2,1H3,(H,24,26)(H,27,28). The van der Waals surface area contributed by atoms with Gasteiger partial charge in [0.15, 0.2) is 5.78 Å². The Morgan fingerprint density at radius 1 is 1.03 bits per heavy atom. The Morgan fingerprint density at radius 3 is 2.37 bits per heavy atom. The Balaban J connectivity index is 1.57. The van der Waals surface area contributed by atoms with Crippen molar-refractivity contribution in [2.45, 2.75) is 17.7 Å². The molecule has 2 N–H and O–H groups in total. The molecule has 6 nitrogen and oxygen atoms in total. The lowest BCUT2D eigenvalue weighted by Gasteiger charge is -2.24. The monoisotopic (exact) mass is 425 g/mol. The van der Waals surface area contributed by atoms with E-state index in [2.05, 4.69) is 5.32 Å². The molecule has 0 fully saturated rings. The van der Waals surface area contributed by atoms with Gasteiger partial charge >= 0.3 is 5.97 Å². The average molecular weight is 426 g/mol. The maximum absolute atomic E-state index is 12.5. The molecule has 30 heavy (non-hydrogen) atoms. The number of carbonyl (C=O) groups excluding carboxylic acids is 2. The highest BCUT2D eigenvalue weighted by Gasteiger charge is 2.33. The number of amides is 1. The topological polar surface area (TPSA) is 92.7 Å². The summed E-state index contributed by atoms with van der Waals surface area (Å²) in [4.78, 5) is 37.3. The molecule has 2 aromatic carbocycles. The minimum absolute atomic E-state index is 0.0279. The second-order valence-corrected chi connectivity index (χ2v) is 7.97. The van der Waals surface area contributed by atoms with Gasteiger partial charge in [0, 0.05) is 10.6 Å². The number of benzene rings is 2. The number of hydrogen-bond acceptors (Lipinski definition) is 5. The molecular formula is C23H23NO5S. The van der Waals surface area contributed by atoms with Crippen LogP contribution >= 0.6 is 11.8 Å². The zero-order chi connectivity index (χ0) is 21.5. The van der Waals surface area contributed by atoms with Crippen LogP contribution in [-0.2, 0) is 9.59 Å². The number of allylic oxidation sites excluding steroid dienone is 2. The van der Waals surface area contributed by atoms with Crippen molar-refractivity contribution in [1.82, 2.24) is 0 Å². The predicted molar refractivity (Wildman–Crippen MR) is 116 cm³/mol. The van der Waals surface area contributed by atoms with Crippen molar-refractivity contribution in [3.63, 3.8) is 0 Å². The SMILES string of the molecule is COc1ccccc1C(=O)CSc1ccc(NC(=O)C2CC=CCC2C(=O)O)cc1. The molecule has 0 bridgehead atoms. The first-order chi connectivity index (χ1) is 14.5. The van der Waals surface area contributed by atoms with Crippen molar-refractivity contribution in [3.05, 3.63) is 66.2 Å². The summed E-state index contributed by atoms with van der Waals surface area (Å²) < 4.78 is 5.23.